The zero-order valence-corrected chi connectivity index (χ0v) is 15.4. The van der Waals surface area contributed by atoms with Gasteiger partial charge in [0.15, 0.2) is 0 Å². The van der Waals surface area contributed by atoms with Crippen molar-refractivity contribution >= 4 is 17.6 Å². The molecule has 0 unspecified atom stereocenters. The van der Waals surface area contributed by atoms with Gasteiger partial charge in [-0.15, -0.1) is 0 Å². The van der Waals surface area contributed by atoms with E-state index in [9.17, 15) is 9.59 Å². The molecule has 26 heavy (non-hydrogen) atoms. The van der Waals surface area contributed by atoms with Crippen LogP contribution in [0, 0.1) is 0 Å². The van der Waals surface area contributed by atoms with E-state index in [2.05, 4.69) is 9.80 Å². The van der Waals surface area contributed by atoms with Crippen LogP contribution in [0.3, 0.4) is 0 Å². The maximum absolute atomic E-state index is 12.4. The Hall–Kier alpha value is -2.08. The van der Waals surface area contributed by atoms with Crippen LogP contribution in [0.1, 0.15) is 42.5 Å². The number of carbonyl (C=O) groups excluding carboxylic acids is 1. The summed E-state index contributed by atoms with van der Waals surface area (Å²) in [5.74, 6) is -0.657. The van der Waals surface area contributed by atoms with Crippen LogP contribution < -0.4 is 4.90 Å². The van der Waals surface area contributed by atoms with Gasteiger partial charge in [-0.25, -0.2) is 4.79 Å². The molecule has 142 valence electrons. The van der Waals surface area contributed by atoms with Gasteiger partial charge in [0.1, 0.15) is 0 Å². The Morgan fingerprint density at radius 1 is 0.962 bits per heavy atom. The molecule has 2 fully saturated rings. The molecule has 0 aliphatic carbocycles. The zero-order chi connectivity index (χ0) is 18.4. The van der Waals surface area contributed by atoms with Crippen LogP contribution >= 0.6 is 0 Å². The van der Waals surface area contributed by atoms with Crippen molar-refractivity contribution in [1.29, 1.82) is 0 Å². The van der Waals surface area contributed by atoms with Gasteiger partial charge in [-0.3, -0.25) is 4.79 Å². The molecule has 6 heteroatoms. The lowest BCUT2D eigenvalue weighted by molar-refractivity contribution is -0.131. The molecule has 0 aromatic heterocycles. The fraction of sp³-hybridized carbons (Fsp3) is 0.600. The van der Waals surface area contributed by atoms with Gasteiger partial charge >= 0.3 is 5.97 Å². The van der Waals surface area contributed by atoms with Crippen molar-refractivity contribution in [3.63, 3.8) is 0 Å². The summed E-state index contributed by atoms with van der Waals surface area (Å²) in [5.41, 5.74) is 1.22. The SMILES string of the molecule is O=C(O)c1cccc(N2CCN(C(=O)CCCN3CCCCC3)CC2)c1. The van der Waals surface area contributed by atoms with Gasteiger partial charge in [-0.1, -0.05) is 12.5 Å². The minimum atomic E-state index is -0.908. The van der Waals surface area contributed by atoms with E-state index in [4.69, 9.17) is 5.11 Å². The molecular weight excluding hydrogens is 330 g/mol. The van der Waals surface area contributed by atoms with Crippen molar-refractivity contribution < 1.29 is 14.7 Å². The third kappa shape index (κ3) is 4.97. The first-order valence-electron chi connectivity index (χ1n) is 9.72. The standard InChI is InChI=1S/C20H29N3O3/c24-19(8-5-11-21-9-2-1-3-10-21)23-14-12-22(13-15-23)18-7-4-6-17(16-18)20(25)26/h4,6-7,16H,1-3,5,8-15H2,(H,25,26). The highest BCUT2D eigenvalue weighted by Gasteiger charge is 2.21. The van der Waals surface area contributed by atoms with E-state index < -0.39 is 5.97 Å². The summed E-state index contributed by atoms with van der Waals surface area (Å²) in [4.78, 5) is 30.1. The second kappa shape index (κ2) is 9.03. The van der Waals surface area contributed by atoms with Crippen molar-refractivity contribution in [1.82, 2.24) is 9.80 Å². The fourth-order valence-corrected chi connectivity index (χ4v) is 3.84. The number of rotatable bonds is 6. The summed E-state index contributed by atoms with van der Waals surface area (Å²) >= 11 is 0. The van der Waals surface area contributed by atoms with Crippen molar-refractivity contribution in [3.05, 3.63) is 29.8 Å². The van der Waals surface area contributed by atoms with Gasteiger partial charge in [0, 0.05) is 38.3 Å². The molecule has 2 aliphatic rings. The lowest BCUT2D eigenvalue weighted by Crippen LogP contribution is -2.48. The molecule has 0 bridgehead atoms. The van der Waals surface area contributed by atoms with Crippen LogP contribution in [-0.2, 0) is 4.79 Å². The number of piperidine rings is 1. The number of aromatic carboxylic acids is 1. The first-order valence-corrected chi connectivity index (χ1v) is 9.72. The number of carboxylic acid groups (broad SMARTS) is 1. The number of likely N-dealkylation sites (tertiary alicyclic amines) is 1. The number of carboxylic acids is 1. The highest BCUT2D eigenvalue weighted by Crippen LogP contribution is 2.19. The lowest BCUT2D eigenvalue weighted by atomic mass is 10.1. The topological polar surface area (TPSA) is 64.1 Å². The molecule has 2 saturated heterocycles. The summed E-state index contributed by atoms with van der Waals surface area (Å²) in [6.45, 7) is 6.32. The average molecular weight is 359 g/mol. The van der Waals surface area contributed by atoms with E-state index in [0.29, 0.717) is 25.1 Å². The van der Waals surface area contributed by atoms with Crippen molar-refractivity contribution in [2.45, 2.75) is 32.1 Å². The molecule has 1 amide bonds. The fourth-order valence-electron chi connectivity index (χ4n) is 3.84. The van der Waals surface area contributed by atoms with E-state index in [-0.39, 0.29) is 5.91 Å². The van der Waals surface area contributed by atoms with Crippen LogP contribution in [0.5, 0.6) is 0 Å². The molecule has 3 rings (SSSR count). The van der Waals surface area contributed by atoms with Crippen LogP contribution in [0.25, 0.3) is 0 Å². The Bertz CT molecular complexity index is 620. The van der Waals surface area contributed by atoms with Gasteiger partial charge in [-0.05, 0) is 57.1 Å². The first-order chi connectivity index (χ1) is 12.6. The maximum atomic E-state index is 12.4. The Balaban J connectivity index is 1.42. The van der Waals surface area contributed by atoms with E-state index >= 15 is 0 Å². The van der Waals surface area contributed by atoms with Gasteiger partial charge < -0.3 is 19.8 Å². The number of hydrogen-bond acceptors (Lipinski definition) is 4. The Kier molecular flexibility index (Phi) is 6.50. The predicted octanol–water partition coefficient (Wildman–Crippen LogP) is 2.30. The molecule has 0 spiro atoms. The van der Waals surface area contributed by atoms with Crippen molar-refractivity contribution in [3.8, 4) is 0 Å². The minimum Gasteiger partial charge on any atom is -0.478 e. The zero-order valence-electron chi connectivity index (χ0n) is 15.4. The number of benzene rings is 1. The molecule has 0 atom stereocenters. The molecule has 1 aromatic carbocycles. The number of amides is 1. The minimum absolute atomic E-state index is 0.251. The molecule has 0 radical (unpaired) electrons. The third-order valence-corrected chi connectivity index (χ3v) is 5.40. The molecule has 1 aromatic rings. The lowest BCUT2D eigenvalue weighted by Gasteiger charge is -2.36. The largest absolute Gasteiger partial charge is 0.478 e. The van der Waals surface area contributed by atoms with E-state index in [0.717, 1.165) is 31.7 Å². The van der Waals surface area contributed by atoms with Crippen LogP contribution in [-0.4, -0.2) is 72.6 Å². The third-order valence-electron chi connectivity index (χ3n) is 5.40. The second-order valence-electron chi connectivity index (χ2n) is 7.23. The number of hydrogen-bond donors (Lipinski definition) is 1. The summed E-state index contributed by atoms with van der Waals surface area (Å²) in [6.07, 6.45) is 5.50. The summed E-state index contributed by atoms with van der Waals surface area (Å²) in [7, 11) is 0. The van der Waals surface area contributed by atoms with E-state index in [1.54, 1.807) is 18.2 Å². The van der Waals surface area contributed by atoms with Crippen LogP contribution in [0.15, 0.2) is 24.3 Å². The van der Waals surface area contributed by atoms with Crippen LogP contribution in [0.4, 0.5) is 5.69 Å². The Labute approximate surface area is 155 Å². The van der Waals surface area contributed by atoms with E-state index in [1.165, 1.54) is 32.4 Å². The van der Waals surface area contributed by atoms with Gasteiger partial charge in [0.2, 0.25) is 5.91 Å². The van der Waals surface area contributed by atoms with Crippen molar-refractivity contribution in [2.24, 2.45) is 0 Å². The summed E-state index contributed by atoms with van der Waals surface area (Å²) in [5, 5.41) is 9.12. The molecule has 1 N–H and O–H groups in total. The highest BCUT2D eigenvalue weighted by atomic mass is 16.4. The van der Waals surface area contributed by atoms with Gasteiger partial charge in [-0.2, -0.15) is 0 Å². The summed E-state index contributed by atoms with van der Waals surface area (Å²) in [6, 6.07) is 7.02. The number of anilines is 1. The predicted molar refractivity (Wildman–Crippen MR) is 102 cm³/mol. The van der Waals surface area contributed by atoms with E-state index in [1.807, 2.05) is 11.0 Å². The molecule has 0 saturated carbocycles. The molecule has 6 nitrogen and oxygen atoms in total. The smallest absolute Gasteiger partial charge is 0.335 e. The van der Waals surface area contributed by atoms with Gasteiger partial charge in [0.05, 0.1) is 5.56 Å². The summed E-state index contributed by atoms with van der Waals surface area (Å²) < 4.78 is 0. The normalized spacial score (nSPS) is 18.8. The molecule has 2 heterocycles. The Morgan fingerprint density at radius 3 is 2.38 bits per heavy atom. The Morgan fingerprint density at radius 2 is 1.69 bits per heavy atom. The average Bonchev–Trinajstić information content (AvgIpc) is 2.69. The molecular formula is C20H29N3O3. The monoisotopic (exact) mass is 359 g/mol. The highest BCUT2D eigenvalue weighted by molar-refractivity contribution is 5.88. The maximum Gasteiger partial charge on any atom is 0.335 e. The number of carbonyl (C=O) groups is 2. The number of nitrogens with zero attached hydrogens (tertiary/aromatic N) is 3. The quantitative estimate of drug-likeness (QED) is 0.844. The van der Waals surface area contributed by atoms with Gasteiger partial charge in [0.25, 0.3) is 0 Å². The molecule has 2 aliphatic heterocycles. The van der Waals surface area contributed by atoms with Crippen LogP contribution in [0.2, 0.25) is 0 Å². The number of piperazine rings is 1. The first kappa shape index (κ1) is 18.7. The second-order valence-corrected chi connectivity index (χ2v) is 7.23. The van der Waals surface area contributed by atoms with Crippen molar-refractivity contribution in [2.75, 3.05) is 50.7 Å².